The molecule has 160 valence electrons. The average molecular weight is 446 g/mol. The van der Waals surface area contributed by atoms with Gasteiger partial charge in [-0.15, -0.1) is 21.5 Å². The SMILES string of the molecule is CCC1c2nncn2-c2cnc(-c3cn(C)nc3-c3nccs3)nc2N1c1cnn(C)c1. The summed E-state index contributed by atoms with van der Waals surface area (Å²) in [5.74, 6) is 2.21. The quantitative estimate of drug-likeness (QED) is 0.415. The van der Waals surface area contributed by atoms with Crippen LogP contribution in [0.25, 0.3) is 27.8 Å². The first-order chi connectivity index (χ1) is 15.6. The Morgan fingerprint density at radius 2 is 2.00 bits per heavy atom. The van der Waals surface area contributed by atoms with Gasteiger partial charge in [-0.2, -0.15) is 10.2 Å². The number of rotatable bonds is 4. The minimum absolute atomic E-state index is 0.0377. The predicted molar refractivity (Wildman–Crippen MR) is 119 cm³/mol. The molecule has 0 saturated heterocycles. The fraction of sp³-hybridized carbons (Fsp3) is 0.250. The van der Waals surface area contributed by atoms with Crippen molar-refractivity contribution in [2.45, 2.75) is 19.4 Å². The lowest BCUT2D eigenvalue weighted by Crippen LogP contribution is -2.32. The Balaban J connectivity index is 1.57. The maximum atomic E-state index is 5.04. The lowest BCUT2D eigenvalue weighted by atomic mass is 10.1. The highest BCUT2D eigenvalue weighted by Crippen LogP contribution is 2.43. The van der Waals surface area contributed by atoms with Crippen molar-refractivity contribution >= 4 is 22.8 Å². The number of anilines is 2. The first kappa shape index (κ1) is 18.8. The van der Waals surface area contributed by atoms with Gasteiger partial charge in [0.05, 0.1) is 29.7 Å². The molecule has 0 amide bonds. The molecule has 12 heteroatoms. The van der Waals surface area contributed by atoms with Crippen LogP contribution in [0.4, 0.5) is 11.5 Å². The zero-order valence-electron chi connectivity index (χ0n) is 17.7. The zero-order valence-corrected chi connectivity index (χ0v) is 18.5. The smallest absolute Gasteiger partial charge is 0.165 e. The van der Waals surface area contributed by atoms with Crippen LogP contribution < -0.4 is 4.90 Å². The van der Waals surface area contributed by atoms with Gasteiger partial charge in [-0.05, 0) is 6.42 Å². The van der Waals surface area contributed by atoms with Crippen molar-refractivity contribution in [3.05, 3.63) is 48.5 Å². The van der Waals surface area contributed by atoms with Crippen molar-refractivity contribution in [3.8, 4) is 27.8 Å². The third kappa shape index (κ3) is 2.76. The lowest BCUT2D eigenvalue weighted by Gasteiger charge is -2.35. The third-order valence-corrected chi connectivity index (χ3v) is 6.26. The molecule has 0 fully saturated rings. The molecule has 6 rings (SSSR count). The van der Waals surface area contributed by atoms with Gasteiger partial charge in [-0.3, -0.25) is 13.9 Å². The monoisotopic (exact) mass is 445 g/mol. The lowest BCUT2D eigenvalue weighted by molar-refractivity contribution is 0.589. The van der Waals surface area contributed by atoms with Crippen LogP contribution in [0.15, 0.2) is 42.7 Å². The molecule has 0 bridgehead atoms. The van der Waals surface area contributed by atoms with E-state index in [1.54, 1.807) is 21.9 Å². The molecule has 1 aliphatic heterocycles. The summed E-state index contributed by atoms with van der Waals surface area (Å²) < 4.78 is 5.51. The molecule has 0 saturated carbocycles. The van der Waals surface area contributed by atoms with Crippen molar-refractivity contribution in [3.63, 3.8) is 0 Å². The fourth-order valence-electron chi connectivity index (χ4n) is 4.11. The van der Waals surface area contributed by atoms with Gasteiger partial charge >= 0.3 is 0 Å². The van der Waals surface area contributed by atoms with Crippen molar-refractivity contribution in [1.82, 2.24) is 49.3 Å². The van der Waals surface area contributed by atoms with Gasteiger partial charge in [0.25, 0.3) is 0 Å². The van der Waals surface area contributed by atoms with E-state index in [-0.39, 0.29) is 6.04 Å². The van der Waals surface area contributed by atoms with E-state index in [1.807, 2.05) is 48.8 Å². The van der Waals surface area contributed by atoms with Crippen LogP contribution in [0.2, 0.25) is 0 Å². The number of aryl methyl sites for hydroxylation is 2. The van der Waals surface area contributed by atoms with Gasteiger partial charge in [-0.25, -0.2) is 15.0 Å². The van der Waals surface area contributed by atoms with E-state index in [9.17, 15) is 0 Å². The standard InChI is InChI=1S/C20H19N11S/c1-4-14-19-26-23-11-30(19)15-8-22-17(25-18(15)31(14)12-7-24-28(2)9-12)13-10-29(3)27-16(13)20-21-5-6-32-20/h5-11,14H,4H2,1-3H3. The first-order valence-electron chi connectivity index (χ1n) is 10.1. The molecule has 11 nitrogen and oxygen atoms in total. The van der Waals surface area contributed by atoms with E-state index < -0.39 is 0 Å². The number of hydrogen-bond acceptors (Lipinski definition) is 9. The highest BCUT2D eigenvalue weighted by atomic mass is 32.1. The second-order valence-electron chi connectivity index (χ2n) is 7.53. The van der Waals surface area contributed by atoms with E-state index in [0.29, 0.717) is 5.82 Å². The largest absolute Gasteiger partial charge is 0.311 e. The van der Waals surface area contributed by atoms with Gasteiger partial charge in [0, 0.05) is 38.1 Å². The molecule has 1 aliphatic rings. The highest BCUT2D eigenvalue weighted by molar-refractivity contribution is 7.13. The van der Waals surface area contributed by atoms with Gasteiger partial charge in [0.2, 0.25) is 0 Å². The fourth-order valence-corrected chi connectivity index (χ4v) is 4.75. The van der Waals surface area contributed by atoms with Crippen LogP contribution in [-0.4, -0.2) is 49.3 Å². The van der Waals surface area contributed by atoms with Crippen LogP contribution in [0, 0.1) is 0 Å². The Morgan fingerprint density at radius 1 is 1.09 bits per heavy atom. The summed E-state index contributed by atoms with van der Waals surface area (Å²) in [5.41, 5.74) is 3.36. The molecule has 1 atom stereocenters. The van der Waals surface area contributed by atoms with Crippen LogP contribution in [0.3, 0.4) is 0 Å². The molecule has 0 spiro atoms. The molecule has 5 aromatic heterocycles. The van der Waals surface area contributed by atoms with Crippen LogP contribution in [0.5, 0.6) is 0 Å². The first-order valence-corrected chi connectivity index (χ1v) is 11.0. The molecule has 0 aromatic carbocycles. The summed E-state index contributed by atoms with van der Waals surface area (Å²) in [4.78, 5) is 16.3. The van der Waals surface area contributed by atoms with Crippen LogP contribution >= 0.6 is 11.3 Å². The molecular weight excluding hydrogens is 426 g/mol. The Hall–Kier alpha value is -3.93. The normalized spacial score (nSPS) is 15.1. The number of nitrogens with zero attached hydrogens (tertiary/aromatic N) is 11. The average Bonchev–Trinajstić information content (AvgIpc) is 3.58. The Morgan fingerprint density at radius 3 is 2.75 bits per heavy atom. The van der Waals surface area contributed by atoms with E-state index in [4.69, 9.17) is 9.97 Å². The number of hydrogen-bond donors (Lipinski definition) is 0. The number of thiazole rings is 1. The minimum Gasteiger partial charge on any atom is -0.311 e. The van der Waals surface area contributed by atoms with E-state index >= 15 is 0 Å². The number of aromatic nitrogens is 10. The Labute approximate surface area is 187 Å². The zero-order chi connectivity index (χ0) is 21.8. The second kappa shape index (κ2) is 7.05. The van der Waals surface area contributed by atoms with Gasteiger partial charge in [0.15, 0.2) is 17.5 Å². The maximum absolute atomic E-state index is 5.04. The number of fused-ring (bicyclic) bond motifs is 3. The molecular formula is C20H19N11S. The summed E-state index contributed by atoms with van der Waals surface area (Å²) in [6, 6.07) is -0.0377. The van der Waals surface area contributed by atoms with Gasteiger partial charge in [-0.1, -0.05) is 6.92 Å². The minimum atomic E-state index is -0.0377. The summed E-state index contributed by atoms with van der Waals surface area (Å²) in [6.45, 7) is 2.13. The van der Waals surface area contributed by atoms with Crippen molar-refractivity contribution in [1.29, 1.82) is 0 Å². The van der Waals surface area contributed by atoms with Crippen molar-refractivity contribution < 1.29 is 0 Å². The van der Waals surface area contributed by atoms with E-state index in [0.717, 1.165) is 45.7 Å². The van der Waals surface area contributed by atoms with Crippen LogP contribution in [0.1, 0.15) is 25.2 Å². The Bertz CT molecular complexity index is 1410. The molecule has 0 radical (unpaired) electrons. The van der Waals surface area contributed by atoms with Gasteiger partial charge < -0.3 is 4.90 Å². The molecule has 32 heavy (non-hydrogen) atoms. The van der Waals surface area contributed by atoms with E-state index in [1.165, 1.54) is 11.3 Å². The molecule has 0 N–H and O–H groups in total. The molecule has 1 unspecified atom stereocenters. The topological polar surface area (TPSA) is 108 Å². The molecule has 5 aromatic rings. The Kier molecular flexibility index (Phi) is 4.15. The molecule has 6 heterocycles. The summed E-state index contributed by atoms with van der Waals surface area (Å²) in [5, 5.41) is 20.3. The predicted octanol–water partition coefficient (Wildman–Crippen LogP) is 2.92. The van der Waals surface area contributed by atoms with Gasteiger partial charge in [0.1, 0.15) is 22.7 Å². The van der Waals surface area contributed by atoms with Crippen molar-refractivity contribution in [2.24, 2.45) is 14.1 Å². The summed E-state index contributed by atoms with van der Waals surface area (Å²) >= 11 is 1.54. The van der Waals surface area contributed by atoms with Crippen molar-refractivity contribution in [2.75, 3.05) is 4.90 Å². The van der Waals surface area contributed by atoms with Crippen LogP contribution in [-0.2, 0) is 14.1 Å². The second-order valence-corrected chi connectivity index (χ2v) is 8.42. The molecule has 0 aliphatic carbocycles. The highest BCUT2D eigenvalue weighted by Gasteiger charge is 2.35. The third-order valence-electron chi connectivity index (χ3n) is 5.48. The summed E-state index contributed by atoms with van der Waals surface area (Å²) in [6.07, 6.45) is 11.9. The maximum Gasteiger partial charge on any atom is 0.165 e. The van der Waals surface area contributed by atoms with E-state index in [2.05, 4.69) is 37.2 Å². The summed E-state index contributed by atoms with van der Waals surface area (Å²) in [7, 11) is 3.79.